The summed E-state index contributed by atoms with van der Waals surface area (Å²) in [6, 6.07) is 8.78. The van der Waals surface area contributed by atoms with E-state index in [1.165, 1.54) is 13.2 Å². The van der Waals surface area contributed by atoms with Gasteiger partial charge in [0.2, 0.25) is 0 Å². The fourth-order valence-electron chi connectivity index (χ4n) is 2.16. The van der Waals surface area contributed by atoms with E-state index < -0.39 is 5.82 Å². The summed E-state index contributed by atoms with van der Waals surface area (Å²) in [4.78, 5) is 3.01. The molecule has 108 valence electrons. The predicted molar refractivity (Wildman–Crippen MR) is 90.4 cm³/mol. The Morgan fingerprint density at radius 3 is 2.71 bits per heavy atom. The number of fused-ring (bicyclic) bond motifs is 1. The third kappa shape index (κ3) is 2.54. The number of nitrogens with one attached hydrogen (secondary N) is 1. The first-order valence-electron chi connectivity index (χ1n) is 5.95. The molecule has 0 aliphatic carbocycles. The fourth-order valence-corrected chi connectivity index (χ4v) is 3.24. The van der Waals surface area contributed by atoms with Gasteiger partial charge in [-0.05, 0) is 46.3 Å². The van der Waals surface area contributed by atoms with Crippen LogP contribution < -0.4 is 4.74 Å². The molecule has 1 heterocycles. The van der Waals surface area contributed by atoms with Crippen molar-refractivity contribution in [2.75, 3.05) is 7.11 Å². The number of halogens is 3. The van der Waals surface area contributed by atoms with Gasteiger partial charge in [-0.3, -0.25) is 4.57 Å². The molecule has 0 radical (unpaired) electrons. The van der Waals surface area contributed by atoms with Crippen molar-refractivity contribution in [1.82, 2.24) is 9.55 Å². The number of methoxy groups -OCH3 is 1. The number of benzene rings is 2. The van der Waals surface area contributed by atoms with Crippen LogP contribution in [0.5, 0.6) is 5.75 Å². The summed E-state index contributed by atoms with van der Waals surface area (Å²) in [6.07, 6.45) is 0. The smallest absolute Gasteiger partial charge is 0.182 e. The Labute approximate surface area is 142 Å². The van der Waals surface area contributed by atoms with Gasteiger partial charge in [-0.1, -0.05) is 15.9 Å². The summed E-state index contributed by atoms with van der Waals surface area (Å²) in [5.41, 5.74) is 2.22. The first kappa shape index (κ1) is 14.7. The molecule has 0 spiro atoms. The van der Waals surface area contributed by atoms with E-state index in [0.717, 1.165) is 20.1 Å². The summed E-state index contributed by atoms with van der Waals surface area (Å²) in [5, 5.41) is 0. The molecule has 0 unspecified atom stereocenters. The van der Waals surface area contributed by atoms with Crippen LogP contribution in [0.3, 0.4) is 0 Å². The Morgan fingerprint density at radius 1 is 1.24 bits per heavy atom. The molecule has 0 aliphatic rings. The Kier molecular flexibility index (Phi) is 3.90. The lowest BCUT2D eigenvalue weighted by Crippen LogP contribution is -1.96. The van der Waals surface area contributed by atoms with Crippen molar-refractivity contribution in [3.05, 3.63) is 49.9 Å². The van der Waals surface area contributed by atoms with Crippen molar-refractivity contribution in [3.8, 4) is 11.4 Å². The van der Waals surface area contributed by atoms with E-state index in [2.05, 4.69) is 36.8 Å². The van der Waals surface area contributed by atoms with Crippen LogP contribution in [0.15, 0.2) is 39.3 Å². The Balaban J connectivity index is 2.39. The summed E-state index contributed by atoms with van der Waals surface area (Å²) in [7, 11) is 1.44. The highest BCUT2D eigenvalue weighted by molar-refractivity contribution is 9.11. The van der Waals surface area contributed by atoms with Gasteiger partial charge in [-0.2, -0.15) is 0 Å². The van der Waals surface area contributed by atoms with Gasteiger partial charge in [0.1, 0.15) is 0 Å². The minimum absolute atomic E-state index is 0.177. The van der Waals surface area contributed by atoms with Crippen LogP contribution >= 0.6 is 44.1 Å². The molecule has 0 aliphatic heterocycles. The van der Waals surface area contributed by atoms with Gasteiger partial charge in [0.05, 0.1) is 23.8 Å². The van der Waals surface area contributed by atoms with Gasteiger partial charge in [0, 0.05) is 21.1 Å². The molecule has 0 amide bonds. The van der Waals surface area contributed by atoms with Gasteiger partial charge in [-0.15, -0.1) is 0 Å². The molecule has 3 nitrogen and oxygen atoms in total. The Bertz CT molecular complexity index is 904. The number of rotatable bonds is 2. The molecule has 2 aromatic carbocycles. The van der Waals surface area contributed by atoms with E-state index >= 15 is 0 Å². The normalized spacial score (nSPS) is 11.0. The summed E-state index contributed by atoms with van der Waals surface area (Å²) in [5.74, 6) is -0.252. The molecular weight excluding hydrogens is 423 g/mol. The average Bonchev–Trinajstić information content (AvgIpc) is 2.75. The highest BCUT2D eigenvalue weighted by Gasteiger charge is 2.13. The molecule has 3 aromatic rings. The third-order valence-electron chi connectivity index (χ3n) is 3.10. The first-order chi connectivity index (χ1) is 10.0. The zero-order valence-corrected chi connectivity index (χ0v) is 14.8. The van der Waals surface area contributed by atoms with Crippen LogP contribution in [0.4, 0.5) is 4.39 Å². The third-order valence-corrected chi connectivity index (χ3v) is 4.55. The van der Waals surface area contributed by atoms with Crippen LogP contribution in [-0.4, -0.2) is 16.7 Å². The first-order valence-corrected chi connectivity index (χ1v) is 7.94. The molecule has 7 heteroatoms. The monoisotopic (exact) mass is 430 g/mol. The molecule has 1 N–H and O–H groups in total. The van der Waals surface area contributed by atoms with E-state index in [9.17, 15) is 4.39 Å². The number of nitrogens with zero attached hydrogens (tertiary/aromatic N) is 1. The van der Waals surface area contributed by atoms with Gasteiger partial charge >= 0.3 is 0 Å². The van der Waals surface area contributed by atoms with Crippen LogP contribution in [0.2, 0.25) is 0 Å². The number of H-pyrrole nitrogens is 1. The second kappa shape index (κ2) is 5.55. The summed E-state index contributed by atoms with van der Waals surface area (Å²) >= 11 is 12.3. The van der Waals surface area contributed by atoms with Crippen molar-refractivity contribution < 1.29 is 9.13 Å². The molecule has 3 rings (SSSR count). The van der Waals surface area contributed by atoms with E-state index in [1.807, 2.05) is 22.8 Å². The zero-order chi connectivity index (χ0) is 15.1. The lowest BCUT2D eigenvalue weighted by atomic mass is 10.2. The van der Waals surface area contributed by atoms with E-state index in [-0.39, 0.29) is 5.75 Å². The highest BCUT2D eigenvalue weighted by atomic mass is 79.9. The maximum absolute atomic E-state index is 13.8. The second-order valence-corrected chi connectivity index (χ2v) is 6.52. The van der Waals surface area contributed by atoms with Crippen molar-refractivity contribution in [3.63, 3.8) is 0 Å². The van der Waals surface area contributed by atoms with E-state index in [0.29, 0.717) is 10.3 Å². The quantitative estimate of drug-likeness (QED) is 0.553. The average molecular weight is 432 g/mol. The summed E-state index contributed by atoms with van der Waals surface area (Å²) < 4.78 is 23.0. The minimum Gasteiger partial charge on any atom is -0.494 e. The molecule has 1 aromatic heterocycles. The number of aromatic amines is 1. The van der Waals surface area contributed by atoms with Crippen molar-refractivity contribution in [2.24, 2.45) is 0 Å². The Hall–Kier alpha value is -1.18. The molecule has 0 saturated carbocycles. The lowest BCUT2D eigenvalue weighted by molar-refractivity contribution is 0.387. The topological polar surface area (TPSA) is 29.9 Å². The standard InChI is InChI=1S/C14H9Br2FN2OS/c1-20-13-6-12-10(5-9(13)17)18-14(21)19(12)11-4-7(15)2-3-8(11)16/h2-6H,1H3,(H,18,21). The van der Waals surface area contributed by atoms with Crippen LogP contribution in [0.1, 0.15) is 0 Å². The number of aromatic nitrogens is 2. The number of imidazole rings is 1. The SMILES string of the molecule is COc1cc2c(cc1F)[nH]c(=S)n2-c1cc(Br)ccc1Br. The van der Waals surface area contributed by atoms with Crippen LogP contribution in [0, 0.1) is 10.6 Å². The van der Waals surface area contributed by atoms with Gasteiger partial charge in [-0.25, -0.2) is 4.39 Å². The zero-order valence-electron chi connectivity index (χ0n) is 10.8. The fraction of sp³-hybridized carbons (Fsp3) is 0.0714. The van der Waals surface area contributed by atoms with Crippen molar-refractivity contribution >= 4 is 55.1 Å². The van der Waals surface area contributed by atoms with Crippen molar-refractivity contribution in [1.29, 1.82) is 0 Å². The van der Waals surface area contributed by atoms with Crippen LogP contribution in [-0.2, 0) is 0 Å². The minimum atomic E-state index is -0.429. The van der Waals surface area contributed by atoms with Gasteiger partial charge in [0.25, 0.3) is 0 Å². The molecule has 0 fully saturated rings. The van der Waals surface area contributed by atoms with Gasteiger partial charge in [0.15, 0.2) is 16.3 Å². The van der Waals surface area contributed by atoms with Crippen LogP contribution in [0.25, 0.3) is 16.7 Å². The van der Waals surface area contributed by atoms with E-state index in [4.69, 9.17) is 17.0 Å². The predicted octanol–water partition coefficient (Wildman–Crippen LogP) is 5.36. The largest absolute Gasteiger partial charge is 0.494 e. The number of ether oxygens (including phenoxy) is 1. The number of hydrogen-bond donors (Lipinski definition) is 1. The maximum atomic E-state index is 13.8. The van der Waals surface area contributed by atoms with E-state index in [1.54, 1.807) is 6.07 Å². The Morgan fingerprint density at radius 2 is 2.00 bits per heavy atom. The molecule has 0 saturated heterocycles. The van der Waals surface area contributed by atoms with Crippen molar-refractivity contribution in [2.45, 2.75) is 0 Å². The highest BCUT2D eigenvalue weighted by Crippen LogP contribution is 2.31. The maximum Gasteiger partial charge on any atom is 0.182 e. The molecular formula is C14H9Br2FN2OS. The number of hydrogen-bond acceptors (Lipinski definition) is 2. The molecule has 0 atom stereocenters. The van der Waals surface area contributed by atoms with Gasteiger partial charge < -0.3 is 9.72 Å². The lowest BCUT2D eigenvalue weighted by Gasteiger charge is -2.09. The second-order valence-electron chi connectivity index (χ2n) is 4.37. The molecule has 21 heavy (non-hydrogen) atoms. The summed E-state index contributed by atoms with van der Waals surface area (Å²) in [6.45, 7) is 0. The molecule has 0 bridgehead atoms.